The summed E-state index contributed by atoms with van der Waals surface area (Å²) in [6, 6.07) is 16.4. The zero-order valence-corrected chi connectivity index (χ0v) is 25.5. The number of benzene rings is 2. The number of para-hydroxylation sites is 1. The number of thiophene rings is 1. The van der Waals surface area contributed by atoms with Crippen molar-refractivity contribution in [1.82, 2.24) is 20.1 Å². The van der Waals surface area contributed by atoms with Crippen molar-refractivity contribution in [2.45, 2.75) is 32.2 Å². The second-order valence-corrected chi connectivity index (χ2v) is 12.8. The third-order valence-corrected chi connectivity index (χ3v) is 9.75. The molecule has 3 aliphatic heterocycles. The molecule has 0 spiro atoms. The Labute approximate surface area is 259 Å². The fourth-order valence-corrected chi connectivity index (χ4v) is 7.51. The number of anilines is 3. The SMILES string of the molecule is Cc1cc(Oc2ccccc2)ccc1N1C(=O)Nc2c(C(=O)N[C@@H]3CCCN(C(=O)[C@@H]4CCN(C)C4)C3)sc3nccc1c23. The maximum atomic E-state index is 13.7. The highest BCUT2D eigenvalue weighted by atomic mass is 32.1. The lowest BCUT2D eigenvalue weighted by atomic mass is 10.0. The number of rotatable bonds is 6. The van der Waals surface area contributed by atoms with Crippen molar-refractivity contribution >= 4 is 56.5 Å². The molecule has 2 saturated heterocycles. The lowest BCUT2D eigenvalue weighted by Crippen LogP contribution is -2.51. The van der Waals surface area contributed by atoms with Crippen LogP contribution in [-0.2, 0) is 4.79 Å². The lowest BCUT2D eigenvalue weighted by Gasteiger charge is -2.34. The molecule has 3 aliphatic rings. The number of aromatic nitrogens is 1. The minimum atomic E-state index is -0.353. The molecule has 0 unspecified atom stereocenters. The first-order valence-corrected chi connectivity index (χ1v) is 15.8. The largest absolute Gasteiger partial charge is 0.457 e. The van der Waals surface area contributed by atoms with E-state index in [0.717, 1.165) is 55.6 Å². The molecule has 2 fully saturated rings. The van der Waals surface area contributed by atoms with Crippen molar-refractivity contribution in [2.75, 3.05) is 43.4 Å². The molecule has 7 rings (SSSR count). The highest BCUT2D eigenvalue weighted by Gasteiger charge is 2.36. The van der Waals surface area contributed by atoms with Gasteiger partial charge in [-0.25, -0.2) is 9.78 Å². The standard InChI is InChI=1S/C33H34N6O4S/c1-20-17-24(43-23-8-4-3-5-9-23)10-11-25(20)39-26-12-14-34-31-27(26)28(36-33(39)42)29(44-31)30(40)35-22-7-6-15-38(19-22)32(41)21-13-16-37(2)18-21/h3-5,8-12,14,17,21-22H,6-7,13,15-16,18-19H2,1-2H3,(H,35,40)(H,36,42)/t21-,22-/m1/s1. The van der Waals surface area contributed by atoms with E-state index < -0.39 is 0 Å². The van der Waals surface area contributed by atoms with Crippen LogP contribution in [0.4, 0.5) is 21.9 Å². The summed E-state index contributed by atoms with van der Waals surface area (Å²) in [5.74, 6) is 1.35. The number of nitrogens with zero attached hydrogens (tertiary/aromatic N) is 4. The zero-order chi connectivity index (χ0) is 30.4. The van der Waals surface area contributed by atoms with E-state index in [4.69, 9.17) is 4.74 Å². The summed E-state index contributed by atoms with van der Waals surface area (Å²) in [5, 5.41) is 6.87. The van der Waals surface area contributed by atoms with Gasteiger partial charge in [0.05, 0.1) is 28.4 Å². The summed E-state index contributed by atoms with van der Waals surface area (Å²) in [7, 11) is 2.04. The number of nitrogens with one attached hydrogen (secondary N) is 2. The van der Waals surface area contributed by atoms with Gasteiger partial charge in [-0.15, -0.1) is 11.3 Å². The number of piperidine rings is 1. The molecule has 0 aliphatic carbocycles. The van der Waals surface area contributed by atoms with Crippen molar-refractivity contribution < 1.29 is 19.1 Å². The number of pyridine rings is 1. The monoisotopic (exact) mass is 610 g/mol. The average Bonchev–Trinajstić information content (AvgIpc) is 3.63. The van der Waals surface area contributed by atoms with Crippen LogP contribution in [0.3, 0.4) is 0 Å². The van der Waals surface area contributed by atoms with Crippen LogP contribution in [0, 0.1) is 12.8 Å². The number of amides is 4. The van der Waals surface area contributed by atoms with E-state index in [1.807, 2.05) is 67.4 Å². The average molecular weight is 611 g/mol. The second-order valence-electron chi connectivity index (χ2n) is 11.8. The Kier molecular flexibility index (Phi) is 7.43. The normalized spacial score (nSPS) is 20.1. The minimum Gasteiger partial charge on any atom is -0.457 e. The summed E-state index contributed by atoms with van der Waals surface area (Å²) in [4.78, 5) is 51.8. The summed E-state index contributed by atoms with van der Waals surface area (Å²) in [6.45, 7) is 4.87. The van der Waals surface area contributed by atoms with Gasteiger partial charge in [-0.05, 0) is 81.7 Å². The first-order valence-electron chi connectivity index (χ1n) is 15.0. The van der Waals surface area contributed by atoms with E-state index in [9.17, 15) is 14.4 Å². The highest BCUT2D eigenvalue weighted by molar-refractivity contribution is 7.21. The maximum Gasteiger partial charge on any atom is 0.331 e. The van der Waals surface area contributed by atoms with Crippen molar-refractivity contribution in [3.63, 3.8) is 0 Å². The van der Waals surface area contributed by atoms with Crippen molar-refractivity contribution in [3.05, 3.63) is 71.2 Å². The molecule has 0 radical (unpaired) electrons. The lowest BCUT2D eigenvalue weighted by molar-refractivity contribution is -0.136. The Morgan fingerprint density at radius 2 is 1.86 bits per heavy atom. The molecular formula is C33H34N6O4S. The van der Waals surface area contributed by atoms with Crippen LogP contribution < -0.4 is 20.3 Å². The molecule has 226 valence electrons. The van der Waals surface area contributed by atoms with Crippen LogP contribution in [0.1, 0.15) is 34.5 Å². The summed E-state index contributed by atoms with van der Waals surface area (Å²) in [5.41, 5.74) is 2.71. The van der Waals surface area contributed by atoms with Gasteiger partial charge in [0, 0.05) is 31.9 Å². The molecule has 0 saturated carbocycles. The highest BCUT2D eigenvalue weighted by Crippen LogP contribution is 2.46. The fourth-order valence-electron chi connectivity index (χ4n) is 6.49. The van der Waals surface area contributed by atoms with E-state index in [1.165, 1.54) is 11.3 Å². The van der Waals surface area contributed by atoms with Crippen LogP contribution in [0.25, 0.3) is 10.2 Å². The van der Waals surface area contributed by atoms with Crippen molar-refractivity contribution in [2.24, 2.45) is 5.92 Å². The fraction of sp³-hybridized carbons (Fsp3) is 0.333. The smallest absolute Gasteiger partial charge is 0.331 e. The second kappa shape index (κ2) is 11.5. The molecular weight excluding hydrogens is 576 g/mol. The van der Waals surface area contributed by atoms with Gasteiger partial charge in [0.1, 0.15) is 21.2 Å². The topological polar surface area (TPSA) is 107 Å². The number of hydrogen-bond donors (Lipinski definition) is 2. The number of aryl methyl sites for hydroxylation is 1. The van der Waals surface area contributed by atoms with Crippen LogP contribution in [0.15, 0.2) is 60.8 Å². The molecule has 0 bridgehead atoms. The van der Waals surface area contributed by atoms with Gasteiger partial charge < -0.3 is 25.2 Å². The third kappa shape index (κ3) is 5.26. The Morgan fingerprint density at radius 1 is 1.02 bits per heavy atom. The number of hydrogen-bond acceptors (Lipinski definition) is 7. The third-order valence-electron chi connectivity index (χ3n) is 8.65. The van der Waals surface area contributed by atoms with E-state index in [1.54, 1.807) is 17.2 Å². The Morgan fingerprint density at radius 3 is 2.64 bits per heavy atom. The van der Waals surface area contributed by atoms with Crippen molar-refractivity contribution in [1.29, 1.82) is 0 Å². The molecule has 11 heteroatoms. The molecule has 2 aromatic carbocycles. The first-order chi connectivity index (χ1) is 21.4. The number of carbonyl (C=O) groups is 3. The molecule has 44 heavy (non-hydrogen) atoms. The van der Waals surface area contributed by atoms with Gasteiger partial charge in [-0.2, -0.15) is 0 Å². The molecule has 4 amide bonds. The van der Waals surface area contributed by atoms with Gasteiger partial charge in [-0.3, -0.25) is 14.5 Å². The Hall–Kier alpha value is -4.48. The maximum absolute atomic E-state index is 13.7. The van der Waals surface area contributed by atoms with Crippen molar-refractivity contribution in [3.8, 4) is 11.5 Å². The molecule has 2 atom stereocenters. The van der Waals surface area contributed by atoms with Crippen LogP contribution in [-0.4, -0.2) is 71.9 Å². The number of carbonyl (C=O) groups excluding carboxylic acids is 3. The van der Waals surface area contributed by atoms with E-state index in [0.29, 0.717) is 39.1 Å². The quantitative estimate of drug-likeness (QED) is 0.288. The Bertz CT molecular complexity index is 1760. The predicted molar refractivity (Wildman–Crippen MR) is 171 cm³/mol. The van der Waals surface area contributed by atoms with Gasteiger partial charge in [-0.1, -0.05) is 18.2 Å². The number of ether oxygens (including phenoxy) is 1. The molecule has 2 N–H and O–H groups in total. The summed E-state index contributed by atoms with van der Waals surface area (Å²) in [6.07, 6.45) is 4.18. The first kappa shape index (κ1) is 28.3. The van der Waals surface area contributed by atoms with Crippen LogP contribution in [0.5, 0.6) is 11.5 Å². The van der Waals surface area contributed by atoms with Gasteiger partial charge in [0.15, 0.2) is 0 Å². The molecule has 5 heterocycles. The summed E-state index contributed by atoms with van der Waals surface area (Å²) < 4.78 is 5.99. The molecule has 4 aromatic rings. The number of likely N-dealkylation sites (tertiary alicyclic amines) is 2. The van der Waals surface area contributed by atoms with E-state index in [-0.39, 0.29) is 29.8 Å². The van der Waals surface area contributed by atoms with Crippen LogP contribution >= 0.6 is 11.3 Å². The summed E-state index contributed by atoms with van der Waals surface area (Å²) >= 11 is 1.26. The predicted octanol–water partition coefficient (Wildman–Crippen LogP) is 5.75. The minimum absolute atomic E-state index is 0.0281. The Balaban J connectivity index is 1.12. The van der Waals surface area contributed by atoms with Crippen LogP contribution in [0.2, 0.25) is 0 Å². The van der Waals surface area contributed by atoms with Gasteiger partial charge in [0.2, 0.25) is 5.91 Å². The zero-order valence-electron chi connectivity index (χ0n) is 24.7. The van der Waals surface area contributed by atoms with E-state index >= 15 is 0 Å². The van der Waals surface area contributed by atoms with Gasteiger partial charge >= 0.3 is 6.03 Å². The van der Waals surface area contributed by atoms with E-state index in [2.05, 4.69) is 20.5 Å². The molecule has 10 nitrogen and oxygen atoms in total. The molecule has 2 aromatic heterocycles. The van der Waals surface area contributed by atoms with Gasteiger partial charge in [0.25, 0.3) is 5.91 Å². The number of urea groups is 1.